The molecule has 4 rings (SSSR count). The number of carbonyl (C=O) groups excluding carboxylic acids is 1. The van der Waals surface area contributed by atoms with Crippen molar-refractivity contribution in [3.63, 3.8) is 0 Å². The Balaban J connectivity index is 1.67. The van der Waals surface area contributed by atoms with E-state index in [1.165, 1.54) is 18.6 Å². The number of aromatic nitrogens is 2. The first-order valence-corrected chi connectivity index (χ1v) is 8.37. The fourth-order valence-electron chi connectivity index (χ4n) is 3.22. The summed E-state index contributed by atoms with van der Waals surface area (Å²) in [6, 6.07) is 8.21. The Morgan fingerprint density at radius 1 is 1.09 bits per heavy atom. The van der Waals surface area contributed by atoms with Gasteiger partial charge in [-0.25, -0.2) is 9.07 Å². The summed E-state index contributed by atoms with van der Waals surface area (Å²) in [7, 11) is 0. The third kappa shape index (κ3) is 2.87. The van der Waals surface area contributed by atoms with E-state index >= 15 is 0 Å². The standard InChI is InChI=1S/C18H20FN3O/c19-14-6-8-15(9-7-14)22-17(13-4-5-13)12-16(20-22)18(23)21-10-2-1-3-11-21/h6-9,12-13H,1-5,10-11H2. The van der Waals surface area contributed by atoms with Crippen LogP contribution in [-0.2, 0) is 0 Å². The molecule has 2 heterocycles. The molecule has 2 aliphatic rings. The van der Waals surface area contributed by atoms with E-state index < -0.39 is 0 Å². The lowest BCUT2D eigenvalue weighted by molar-refractivity contribution is 0.0718. The molecule has 5 heteroatoms. The van der Waals surface area contributed by atoms with E-state index in [2.05, 4.69) is 5.10 Å². The molecule has 1 aliphatic heterocycles. The van der Waals surface area contributed by atoms with Crippen LogP contribution < -0.4 is 0 Å². The first-order valence-electron chi connectivity index (χ1n) is 8.37. The number of likely N-dealkylation sites (tertiary alicyclic amines) is 1. The number of hydrogen-bond donors (Lipinski definition) is 0. The van der Waals surface area contributed by atoms with Crippen molar-refractivity contribution in [1.29, 1.82) is 0 Å². The molecule has 4 nitrogen and oxygen atoms in total. The number of nitrogens with zero attached hydrogens (tertiary/aromatic N) is 3. The third-order valence-corrected chi connectivity index (χ3v) is 4.67. The molecule has 0 N–H and O–H groups in total. The Kier molecular flexibility index (Phi) is 3.63. The van der Waals surface area contributed by atoms with Gasteiger partial charge in [0.25, 0.3) is 5.91 Å². The quantitative estimate of drug-likeness (QED) is 0.869. The van der Waals surface area contributed by atoms with Crippen molar-refractivity contribution >= 4 is 5.91 Å². The molecular weight excluding hydrogens is 293 g/mol. The summed E-state index contributed by atoms with van der Waals surface area (Å²) in [6.45, 7) is 1.64. The highest BCUT2D eigenvalue weighted by atomic mass is 19.1. The third-order valence-electron chi connectivity index (χ3n) is 4.67. The lowest BCUT2D eigenvalue weighted by Gasteiger charge is -2.25. The molecule has 0 spiro atoms. The molecule has 23 heavy (non-hydrogen) atoms. The van der Waals surface area contributed by atoms with Gasteiger partial charge >= 0.3 is 0 Å². The van der Waals surface area contributed by atoms with Crippen molar-refractivity contribution in [1.82, 2.24) is 14.7 Å². The average molecular weight is 313 g/mol. The van der Waals surface area contributed by atoms with E-state index in [1.807, 2.05) is 15.6 Å². The summed E-state index contributed by atoms with van der Waals surface area (Å²) in [4.78, 5) is 14.6. The molecule has 1 saturated carbocycles. The average Bonchev–Trinajstić information content (AvgIpc) is 3.35. The maximum atomic E-state index is 13.2. The van der Waals surface area contributed by atoms with Gasteiger partial charge in [0, 0.05) is 24.7 Å². The maximum absolute atomic E-state index is 13.2. The predicted molar refractivity (Wildman–Crippen MR) is 85.3 cm³/mol. The van der Waals surface area contributed by atoms with Gasteiger partial charge in [0.15, 0.2) is 5.69 Å². The van der Waals surface area contributed by atoms with Crippen molar-refractivity contribution in [2.75, 3.05) is 13.1 Å². The van der Waals surface area contributed by atoms with Gasteiger partial charge in [-0.05, 0) is 62.4 Å². The first-order chi connectivity index (χ1) is 11.2. The summed E-state index contributed by atoms with van der Waals surface area (Å²) in [5, 5.41) is 4.55. The molecular formula is C18H20FN3O. The van der Waals surface area contributed by atoms with Crippen LogP contribution in [0.3, 0.4) is 0 Å². The van der Waals surface area contributed by atoms with E-state index in [9.17, 15) is 9.18 Å². The van der Waals surface area contributed by atoms with Gasteiger partial charge in [-0.2, -0.15) is 5.10 Å². The van der Waals surface area contributed by atoms with Crippen LogP contribution in [0.25, 0.3) is 5.69 Å². The van der Waals surface area contributed by atoms with Crippen molar-refractivity contribution in [3.8, 4) is 5.69 Å². The lowest BCUT2D eigenvalue weighted by Crippen LogP contribution is -2.35. The fourth-order valence-corrected chi connectivity index (χ4v) is 3.22. The lowest BCUT2D eigenvalue weighted by atomic mass is 10.1. The summed E-state index contributed by atoms with van der Waals surface area (Å²) < 4.78 is 15.0. The largest absolute Gasteiger partial charge is 0.337 e. The van der Waals surface area contributed by atoms with Crippen molar-refractivity contribution in [3.05, 3.63) is 47.5 Å². The zero-order chi connectivity index (χ0) is 15.8. The van der Waals surface area contributed by atoms with Crippen LogP contribution in [0.15, 0.2) is 30.3 Å². The molecule has 0 atom stereocenters. The SMILES string of the molecule is O=C(c1cc(C2CC2)n(-c2ccc(F)cc2)n1)N1CCCCC1. The van der Waals surface area contributed by atoms with E-state index in [-0.39, 0.29) is 11.7 Å². The van der Waals surface area contributed by atoms with Gasteiger partial charge in [-0.3, -0.25) is 4.79 Å². The van der Waals surface area contributed by atoms with E-state index in [0.29, 0.717) is 11.6 Å². The summed E-state index contributed by atoms with van der Waals surface area (Å²) in [6.07, 6.45) is 5.59. The number of hydrogen-bond acceptors (Lipinski definition) is 2. The van der Waals surface area contributed by atoms with Crippen molar-refractivity contribution < 1.29 is 9.18 Å². The molecule has 2 fully saturated rings. The van der Waals surface area contributed by atoms with Crippen molar-refractivity contribution in [2.45, 2.75) is 38.0 Å². The number of rotatable bonds is 3. The maximum Gasteiger partial charge on any atom is 0.274 e. The second kappa shape index (κ2) is 5.80. The normalized spacial score (nSPS) is 18.2. The highest BCUT2D eigenvalue weighted by molar-refractivity contribution is 5.92. The van der Waals surface area contributed by atoms with E-state index in [4.69, 9.17) is 0 Å². The zero-order valence-corrected chi connectivity index (χ0v) is 13.0. The van der Waals surface area contributed by atoms with Crippen LogP contribution in [0.1, 0.15) is 54.2 Å². The second-order valence-corrected chi connectivity index (χ2v) is 6.47. The monoisotopic (exact) mass is 313 g/mol. The van der Waals surface area contributed by atoms with Gasteiger partial charge in [0.05, 0.1) is 5.69 Å². The molecule has 2 aromatic rings. The molecule has 1 aromatic carbocycles. The first kappa shape index (κ1) is 14.4. The highest BCUT2D eigenvalue weighted by Crippen LogP contribution is 2.41. The Hall–Kier alpha value is -2.17. The summed E-state index contributed by atoms with van der Waals surface area (Å²) in [5.74, 6) is 0.224. The zero-order valence-electron chi connectivity index (χ0n) is 13.0. The van der Waals surface area contributed by atoms with Crippen molar-refractivity contribution in [2.24, 2.45) is 0 Å². The van der Waals surface area contributed by atoms with Crippen LogP contribution in [0, 0.1) is 5.82 Å². The molecule has 0 radical (unpaired) electrons. The second-order valence-electron chi connectivity index (χ2n) is 6.47. The van der Waals surface area contributed by atoms with E-state index in [0.717, 1.165) is 50.2 Å². The Morgan fingerprint density at radius 2 is 1.78 bits per heavy atom. The summed E-state index contributed by atoms with van der Waals surface area (Å²) >= 11 is 0. The minimum absolute atomic E-state index is 0.0208. The van der Waals surface area contributed by atoms with E-state index in [1.54, 1.807) is 12.1 Å². The van der Waals surface area contributed by atoms with Gasteiger partial charge in [-0.15, -0.1) is 0 Å². The molecule has 0 unspecified atom stereocenters. The predicted octanol–water partition coefficient (Wildman–Crippen LogP) is 3.51. The van der Waals surface area contributed by atoms with Crippen LogP contribution in [-0.4, -0.2) is 33.7 Å². The van der Waals surface area contributed by atoms with Crippen LogP contribution in [0.2, 0.25) is 0 Å². The van der Waals surface area contributed by atoms with Crippen LogP contribution in [0.5, 0.6) is 0 Å². The molecule has 1 aromatic heterocycles. The minimum atomic E-state index is -0.265. The minimum Gasteiger partial charge on any atom is -0.337 e. The van der Waals surface area contributed by atoms with Gasteiger partial charge in [0.2, 0.25) is 0 Å². The molecule has 0 bridgehead atoms. The highest BCUT2D eigenvalue weighted by Gasteiger charge is 2.31. The number of benzene rings is 1. The Labute approximate surface area is 134 Å². The fraction of sp³-hybridized carbons (Fsp3) is 0.444. The Bertz CT molecular complexity index is 712. The van der Waals surface area contributed by atoms with Crippen LogP contribution in [0.4, 0.5) is 4.39 Å². The molecule has 1 aliphatic carbocycles. The smallest absolute Gasteiger partial charge is 0.274 e. The van der Waals surface area contributed by atoms with Gasteiger partial charge < -0.3 is 4.90 Å². The summed E-state index contributed by atoms with van der Waals surface area (Å²) in [5.41, 5.74) is 2.39. The number of halogens is 1. The topological polar surface area (TPSA) is 38.1 Å². The van der Waals surface area contributed by atoms with Gasteiger partial charge in [-0.1, -0.05) is 0 Å². The molecule has 1 amide bonds. The molecule has 1 saturated heterocycles. The number of carbonyl (C=O) groups is 1. The number of amides is 1. The molecule has 120 valence electrons. The van der Waals surface area contributed by atoms with Gasteiger partial charge in [0.1, 0.15) is 5.82 Å². The van der Waals surface area contributed by atoms with Crippen LogP contribution >= 0.6 is 0 Å². The Morgan fingerprint density at radius 3 is 2.43 bits per heavy atom. The number of piperidine rings is 1.